The Morgan fingerprint density at radius 2 is 1.58 bits per heavy atom. The molecular weight excluding hydrogens is 255 g/mol. The van der Waals surface area contributed by atoms with E-state index in [1.54, 1.807) is 6.33 Å². The van der Waals surface area contributed by atoms with E-state index >= 15 is 0 Å². The molecule has 0 amide bonds. The molecule has 1 aromatic carbocycles. The second kappa shape index (κ2) is 4.36. The summed E-state index contributed by atoms with van der Waals surface area (Å²) in [6.45, 7) is 5.93. The normalized spacial score (nSPS) is 12.7. The zero-order valence-electron chi connectivity index (χ0n) is 10.9. The van der Waals surface area contributed by atoms with Gasteiger partial charge in [0.05, 0.1) is 5.56 Å². The SMILES string of the molecule is CC(C)(C)n1cnnc1-c1ccc(C(F)(F)F)cc1. The molecule has 0 saturated heterocycles. The van der Waals surface area contributed by atoms with Crippen LogP contribution >= 0.6 is 0 Å². The van der Waals surface area contributed by atoms with E-state index in [9.17, 15) is 13.2 Å². The zero-order chi connectivity index (χ0) is 14.3. The summed E-state index contributed by atoms with van der Waals surface area (Å²) < 4.78 is 39.3. The monoisotopic (exact) mass is 269 g/mol. The molecular formula is C13H14F3N3. The molecule has 0 fully saturated rings. The van der Waals surface area contributed by atoms with Crippen LogP contribution in [0.5, 0.6) is 0 Å². The largest absolute Gasteiger partial charge is 0.416 e. The molecule has 0 aliphatic rings. The Morgan fingerprint density at radius 3 is 2.05 bits per heavy atom. The van der Waals surface area contributed by atoms with Crippen molar-refractivity contribution < 1.29 is 13.2 Å². The highest BCUT2D eigenvalue weighted by Gasteiger charge is 2.30. The van der Waals surface area contributed by atoms with E-state index in [1.165, 1.54) is 12.1 Å². The number of benzene rings is 1. The van der Waals surface area contributed by atoms with Gasteiger partial charge in [-0.15, -0.1) is 10.2 Å². The fourth-order valence-electron chi connectivity index (χ4n) is 1.73. The number of halogens is 3. The molecule has 1 heterocycles. The van der Waals surface area contributed by atoms with E-state index in [4.69, 9.17) is 0 Å². The summed E-state index contributed by atoms with van der Waals surface area (Å²) in [4.78, 5) is 0. The van der Waals surface area contributed by atoms with Crippen LogP contribution < -0.4 is 0 Å². The molecule has 2 aromatic rings. The predicted octanol–water partition coefficient (Wildman–Crippen LogP) is 3.72. The van der Waals surface area contributed by atoms with Crippen LogP contribution in [0.1, 0.15) is 26.3 Å². The molecule has 0 radical (unpaired) electrons. The Hall–Kier alpha value is -1.85. The molecule has 3 nitrogen and oxygen atoms in total. The lowest BCUT2D eigenvalue weighted by molar-refractivity contribution is -0.137. The van der Waals surface area contributed by atoms with Crippen molar-refractivity contribution in [1.82, 2.24) is 14.8 Å². The van der Waals surface area contributed by atoms with Gasteiger partial charge >= 0.3 is 6.18 Å². The molecule has 0 bridgehead atoms. The van der Waals surface area contributed by atoms with Crippen molar-refractivity contribution in [3.05, 3.63) is 36.2 Å². The van der Waals surface area contributed by atoms with E-state index in [2.05, 4.69) is 10.2 Å². The summed E-state index contributed by atoms with van der Waals surface area (Å²) in [7, 11) is 0. The predicted molar refractivity (Wildman–Crippen MR) is 65.5 cm³/mol. The fraction of sp³-hybridized carbons (Fsp3) is 0.385. The molecule has 0 unspecified atom stereocenters. The molecule has 0 atom stereocenters. The Morgan fingerprint density at radius 1 is 1.00 bits per heavy atom. The number of alkyl halides is 3. The minimum Gasteiger partial charge on any atom is -0.308 e. The van der Waals surface area contributed by atoms with E-state index in [-0.39, 0.29) is 5.54 Å². The molecule has 6 heteroatoms. The fourth-order valence-corrected chi connectivity index (χ4v) is 1.73. The number of nitrogens with zero attached hydrogens (tertiary/aromatic N) is 3. The maximum Gasteiger partial charge on any atom is 0.416 e. The molecule has 102 valence electrons. The Bertz CT molecular complexity index is 562. The van der Waals surface area contributed by atoms with Gasteiger partial charge in [0.2, 0.25) is 0 Å². The van der Waals surface area contributed by atoms with Crippen molar-refractivity contribution >= 4 is 0 Å². The minimum absolute atomic E-state index is 0.235. The minimum atomic E-state index is -4.32. The Kier molecular flexibility index (Phi) is 3.12. The smallest absolute Gasteiger partial charge is 0.308 e. The summed E-state index contributed by atoms with van der Waals surface area (Å²) in [5.41, 5.74) is -0.292. The van der Waals surface area contributed by atoms with Crippen LogP contribution in [0.25, 0.3) is 11.4 Å². The van der Waals surface area contributed by atoms with Crippen LogP contribution in [0.4, 0.5) is 13.2 Å². The third-order valence-electron chi connectivity index (χ3n) is 2.74. The van der Waals surface area contributed by atoms with Gasteiger partial charge in [-0.1, -0.05) is 12.1 Å². The van der Waals surface area contributed by atoms with Gasteiger partial charge in [-0.25, -0.2) is 0 Å². The molecule has 19 heavy (non-hydrogen) atoms. The maximum absolute atomic E-state index is 12.5. The summed E-state index contributed by atoms with van der Waals surface area (Å²) in [6.07, 6.45) is -2.75. The number of aromatic nitrogens is 3. The lowest BCUT2D eigenvalue weighted by atomic mass is 10.1. The molecule has 0 saturated carbocycles. The first-order valence-corrected chi connectivity index (χ1v) is 5.78. The average Bonchev–Trinajstić information content (AvgIpc) is 2.76. The summed E-state index contributed by atoms with van der Waals surface area (Å²) >= 11 is 0. The first-order chi connectivity index (χ1) is 8.69. The number of hydrogen-bond donors (Lipinski definition) is 0. The van der Waals surface area contributed by atoms with Crippen LogP contribution in [-0.4, -0.2) is 14.8 Å². The zero-order valence-corrected chi connectivity index (χ0v) is 10.9. The van der Waals surface area contributed by atoms with Gasteiger partial charge in [0.25, 0.3) is 0 Å². The first-order valence-electron chi connectivity index (χ1n) is 5.78. The van der Waals surface area contributed by atoms with Crippen LogP contribution in [0.15, 0.2) is 30.6 Å². The Labute approximate surface area is 109 Å². The van der Waals surface area contributed by atoms with Crippen molar-refractivity contribution in [2.75, 3.05) is 0 Å². The van der Waals surface area contributed by atoms with E-state index in [0.29, 0.717) is 11.4 Å². The van der Waals surface area contributed by atoms with Gasteiger partial charge in [0.15, 0.2) is 5.82 Å². The maximum atomic E-state index is 12.5. The van der Waals surface area contributed by atoms with E-state index in [1.807, 2.05) is 25.3 Å². The van der Waals surface area contributed by atoms with Crippen molar-refractivity contribution in [3.63, 3.8) is 0 Å². The van der Waals surface area contributed by atoms with Gasteiger partial charge in [-0.05, 0) is 32.9 Å². The molecule has 2 rings (SSSR count). The quantitative estimate of drug-likeness (QED) is 0.790. The summed E-state index contributed by atoms with van der Waals surface area (Å²) in [5, 5.41) is 7.80. The molecule has 0 aliphatic heterocycles. The van der Waals surface area contributed by atoms with Gasteiger partial charge in [0, 0.05) is 11.1 Å². The molecule has 1 aromatic heterocycles. The first kappa shape index (κ1) is 13.6. The van der Waals surface area contributed by atoms with Gasteiger partial charge in [0.1, 0.15) is 6.33 Å². The van der Waals surface area contributed by atoms with Crippen molar-refractivity contribution in [2.45, 2.75) is 32.5 Å². The van der Waals surface area contributed by atoms with Crippen molar-refractivity contribution in [3.8, 4) is 11.4 Å². The second-order valence-corrected chi connectivity index (χ2v) is 5.27. The number of hydrogen-bond acceptors (Lipinski definition) is 2. The highest BCUT2D eigenvalue weighted by Crippen LogP contribution is 2.31. The second-order valence-electron chi connectivity index (χ2n) is 5.27. The van der Waals surface area contributed by atoms with Crippen molar-refractivity contribution in [2.24, 2.45) is 0 Å². The highest BCUT2D eigenvalue weighted by atomic mass is 19.4. The van der Waals surface area contributed by atoms with Crippen molar-refractivity contribution in [1.29, 1.82) is 0 Å². The Balaban J connectivity index is 2.42. The third kappa shape index (κ3) is 2.77. The molecule has 0 N–H and O–H groups in total. The standard InChI is InChI=1S/C13H14F3N3/c1-12(2,3)19-8-17-18-11(19)9-4-6-10(7-5-9)13(14,15)16/h4-8H,1-3H3. The number of rotatable bonds is 1. The van der Waals surface area contributed by atoms with Gasteiger partial charge in [-0.2, -0.15) is 13.2 Å². The van der Waals surface area contributed by atoms with Gasteiger partial charge in [-0.3, -0.25) is 0 Å². The van der Waals surface area contributed by atoms with Crippen LogP contribution in [0.2, 0.25) is 0 Å². The van der Waals surface area contributed by atoms with Crippen LogP contribution in [-0.2, 0) is 11.7 Å². The molecule has 0 aliphatic carbocycles. The van der Waals surface area contributed by atoms with E-state index in [0.717, 1.165) is 12.1 Å². The lowest BCUT2D eigenvalue weighted by Gasteiger charge is -2.22. The molecule has 0 spiro atoms. The van der Waals surface area contributed by atoms with Crippen LogP contribution in [0, 0.1) is 0 Å². The lowest BCUT2D eigenvalue weighted by Crippen LogP contribution is -2.21. The third-order valence-corrected chi connectivity index (χ3v) is 2.74. The summed E-state index contributed by atoms with van der Waals surface area (Å²) in [5.74, 6) is 0.557. The topological polar surface area (TPSA) is 30.7 Å². The average molecular weight is 269 g/mol. The van der Waals surface area contributed by atoms with Gasteiger partial charge < -0.3 is 4.57 Å². The van der Waals surface area contributed by atoms with E-state index < -0.39 is 11.7 Å². The highest BCUT2D eigenvalue weighted by molar-refractivity contribution is 5.56. The summed E-state index contributed by atoms with van der Waals surface area (Å²) in [6, 6.07) is 4.93. The van der Waals surface area contributed by atoms with Crippen LogP contribution in [0.3, 0.4) is 0 Å².